The number of piperazine rings is 1. The first-order valence-corrected chi connectivity index (χ1v) is 5.44. The molecular formula is C10H20N2O. The van der Waals surface area contributed by atoms with Gasteiger partial charge in [0.15, 0.2) is 0 Å². The molecule has 1 saturated carbocycles. The predicted octanol–water partition coefficient (Wildman–Crippen LogP) is 0.147. The van der Waals surface area contributed by atoms with E-state index in [-0.39, 0.29) is 0 Å². The molecule has 13 heavy (non-hydrogen) atoms. The Hall–Kier alpha value is -0.120. The maximum absolute atomic E-state index is 9.28. The predicted molar refractivity (Wildman–Crippen MR) is 52.7 cm³/mol. The minimum atomic E-state index is 0.326. The zero-order valence-electron chi connectivity index (χ0n) is 8.45. The van der Waals surface area contributed by atoms with Crippen LogP contribution >= 0.6 is 0 Å². The SMILES string of the molecule is CCN1CCN(C2CC2)[C@@H](CO)C1. The van der Waals surface area contributed by atoms with Crippen LogP contribution in [0.3, 0.4) is 0 Å². The molecule has 0 aromatic heterocycles. The van der Waals surface area contributed by atoms with Crippen LogP contribution in [0.1, 0.15) is 19.8 Å². The number of nitrogens with zero attached hydrogens (tertiary/aromatic N) is 2. The summed E-state index contributed by atoms with van der Waals surface area (Å²) in [6.45, 7) is 7.04. The first-order valence-electron chi connectivity index (χ1n) is 5.44. The number of hydrogen-bond donors (Lipinski definition) is 1. The van der Waals surface area contributed by atoms with Crippen molar-refractivity contribution >= 4 is 0 Å². The molecule has 0 amide bonds. The van der Waals surface area contributed by atoms with E-state index in [0.717, 1.165) is 25.7 Å². The van der Waals surface area contributed by atoms with E-state index in [1.165, 1.54) is 19.4 Å². The number of likely N-dealkylation sites (N-methyl/N-ethyl adjacent to an activating group) is 1. The van der Waals surface area contributed by atoms with E-state index < -0.39 is 0 Å². The minimum absolute atomic E-state index is 0.326. The standard InChI is InChI=1S/C10H20N2O/c1-2-11-5-6-12(9-3-4-9)10(7-11)8-13/h9-10,13H,2-8H2,1H3/t10-/m1/s1. The maximum Gasteiger partial charge on any atom is 0.0599 e. The largest absolute Gasteiger partial charge is 0.395 e. The lowest BCUT2D eigenvalue weighted by atomic mass is 10.1. The van der Waals surface area contributed by atoms with Gasteiger partial charge < -0.3 is 10.0 Å². The highest BCUT2D eigenvalue weighted by Crippen LogP contribution is 2.29. The second kappa shape index (κ2) is 3.95. The van der Waals surface area contributed by atoms with Crippen LogP contribution in [-0.4, -0.2) is 59.8 Å². The summed E-state index contributed by atoms with van der Waals surface area (Å²) in [4.78, 5) is 4.94. The van der Waals surface area contributed by atoms with Crippen molar-refractivity contribution in [1.82, 2.24) is 9.80 Å². The molecule has 3 nitrogen and oxygen atoms in total. The monoisotopic (exact) mass is 184 g/mol. The Morgan fingerprint density at radius 1 is 1.31 bits per heavy atom. The average molecular weight is 184 g/mol. The molecule has 3 heteroatoms. The van der Waals surface area contributed by atoms with E-state index in [4.69, 9.17) is 0 Å². The van der Waals surface area contributed by atoms with Crippen LogP contribution in [0.15, 0.2) is 0 Å². The second-order valence-corrected chi connectivity index (χ2v) is 4.20. The lowest BCUT2D eigenvalue weighted by Gasteiger charge is -2.40. The van der Waals surface area contributed by atoms with Crippen molar-refractivity contribution in [2.75, 3.05) is 32.8 Å². The summed E-state index contributed by atoms with van der Waals surface area (Å²) in [5.41, 5.74) is 0. The number of aliphatic hydroxyl groups is 1. The summed E-state index contributed by atoms with van der Waals surface area (Å²) in [5, 5.41) is 9.28. The van der Waals surface area contributed by atoms with Crippen molar-refractivity contribution in [3.05, 3.63) is 0 Å². The van der Waals surface area contributed by atoms with Gasteiger partial charge >= 0.3 is 0 Å². The fourth-order valence-corrected chi connectivity index (χ4v) is 2.27. The van der Waals surface area contributed by atoms with Gasteiger partial charge in [-0.05, 0) is 19.4 Å². The molecule has 1 aliphatic carbocycles. The van der Waals surface area contributed by atoms with Crippen molar-refractivity contribution in [1.29, 1.82) is 0 Å². The fourth-order valence-electron chi connectivity index (χ4n) is 2.27. The summed E-state index contributed by atoms with van der Waals surface area (Å²) >= 11 is 0. The Labute approximate surface area is 80.3 Å². The zero-order chi connectivity index (χ0) is 9.26. The van der Waals surface area contributed by atoms with Crippen LogP contribution in [0.25, 0.3) is 0 Å². The molecule has 0 spiro atoms. The van der Waals surface area contributed by atoms with Crippen LogP contribution in [0, 0.1) is 0 Å². The highest BCUT2D eigenvalue weighted by Gasteiger charge is 2.36. The van der Waals surface area contributed by atoms with Gasteiger partial charge in [-0.25, -0.2) is 0 Å². The molecule has 0 aromatic rings. The Kier molecular flexibility index (Phi) is 2.86. The van der Waals surface area contributed by atoms with Gasteiger partial charge in [-0.15, -0.1) is 0 Å². The fraction of sp³-hybridized carbons (Fsp3) is 1.00. The van der Waals surface area contributed by atoms with E-state index in [1.54, 1.807) is 0 Å². The van der Waals surface area contributed by atoms with Gasteiger partial charge in [0.2, 0.25) is 0 Å². The average Bonchev–Trinajstić information content (AvgIpc) is 3.00. The van der Waals surface area contributed by atoms with Gasteiger partial charge in [-0.2, -0.15) is 0 Å². The number of rotatable bonds is 3. The van der Waals surface area contributed by atoms with E-state index in [1.807, 2.05) is 0 Å². The summed E-state index contributed by atoms with van der Waals surface area (Å²) < 4.78 is 0. The molecule has 2 rings (SSSR count). The van der Waals surface area contributed by atoms with Crippen LogP contribution in [0.2, 0.25) is 0 Å². The molecule has 1 heterocycles. The Balaban J connectivity index is 1.90. The normalized spacial score (nSPS) is 32.3. The molecule has 2 fully saturated rings. The summed E-state index contributed by atoms with van der Waals surface area (Å²) in [6, 6.07) is 1.21. The molecule has 1 N–H and O–H groups in total. The van der Waals surface area contributed by atoms with E-state index in [2.05, 4.69) is 16.7 Å². The molecule has 0 unspecified atom stereocenters. The Bertz CT molecular complexity index is 170. The van der Waals surface area contributed by atoms with Crippen molar-refractivity contribution in [2.24, 2.45) is 0 Å². The zero-order valence-corrected chi connectivity index (χ0v) is 8.45. The summed E-state index contributed by atoms with van der Waals surface area (Å²) in [5.74, 6) is 0. The molecule has 0 aromatic carbocycles. The lowest BCUT2D eigenvalue weighted by molar-refractivity contribution is 0.0369. The van der Waals surface area contributed by atoms with Gasteiger partial charge in [0.05, 0.1) is 6.61 Å². The summed E-state index contributed by atoms with van der Waals surface area (Å²) in [6.07, 6.45) is 2.70. The third kappa shape index (κ3) is 2.03. The third-order valence-corrected chi connectivity index (χ3v) is 3.29. The molecule has 1 atom stereocenters. The molecule has 2 aliphatic rings. The van der Waals surface area contributed by atoms with Gasteiger partial charge in [0, 0.05) is 31.7 Å². The van der Waals surface area contributed by atoms with Gasteiger partial charge in [-0.3, -0.25) is 4.90 Å². The van der Waals surface area contributed by atoms with Crippen molar-refractivity contribution in [2.45, 2.75) is 31.8 Å². The highest BCUT2D eigenvalue weighted by atomic mass is 16.3. The molecular weight excluding hydrogens is 164 g/mol. The van der Waals surface area contributed by atoms with Gasteiger partial charge in [0.1, 0.15) is 0 Å². The number of hydrogen-bond acceptors (Lipinski definition) is 3. The molecule has 0 bridgehead atoms. The van der Waals surface area contributed by atoms with E-state index >= 15 is 0 Å². The molecule has 76 valence electrons. The first kappa shape index (κ1) is 9.44. The van der Waals surface area contributed by atoms with Crippen LogP contribution in [0.5, 0.6) is 0 Å². The Morgan fingerprint density at radius 3 is 2.62 bits per heavy atom. The topological polar surface area (TPSA) is 26.7 Å². The maximum atomic E-state index is 9.28. The summed E-state index contributed by atoms with van der Waals surface area (Å²) in [7, 11) is 0. The van der Waals surface area contributed by atoms with Crippen LogP contribution < -0.4 is 0 Å². The van der Waals surface area contributed by atoms with Crippen molar-refractivity contribution in [3.8, 4) is 0 Å². The van der Waals surface area contributed by atoms with Crippen molar-refractivity contribution < 1.29 is 5.11 Å². The quantitative estimate of drug-likeness (QED) is 0.676. The molecule has 0 radical (unpaired) electrons. The lowest BCUT2D eigenvalue weighted by Crippen LogP contribution is -2.55. The highest BCUT2D eigenvalue weighted by molar-refractivity contribution is 4.92. The molecule has 1 saturated heterocycles. The van der Waals surface area contributed by atoms with Crippen molar-refractivity contribution in [3.63, 3.8) is 0 Å². The minimum Gasteiger partial charge on any atom is -0.395 e. The Morgan fingerprint density at radius 2 is 2.08 bits per heavy atom. The smallest absolute Gasteiger partial charge is 0.0599 e. The third-order valence-electron chi connectivity index (χ3n) is 3.29. The van der Waals surface area contributed by atoms with E-state index in [0.29, 0.717) is 12.6 Å². The van der Waals surface area contributed by atoms with Crippen LogP contribution in [-0.2, 0) is 0 Å². The number of aliphatic hydroxyl groups excluding tert-OH is 1. The molecule has 1 aliphatic heterocycles. The van der Waals surface area contributed by atoms with Gasteiger partial charge in [0.25, 0.3) is 0 Å². The van der Waals surface area contributed by atoms with Crippen LogP contribution in [0.4, 0.5) is 0 Å². The van der Waals surface area contributed by atoms with Gasteiger partial charge in [-0.1, -0.05) is 6.92 Å². The van der Waals surface area contributed by atoms with E-state index in [9.17, 15) is 5.11 Å². The first-order chi connectivity index (χ1) is 6.35. The second-order valence-electron chi connectivity index (χ2n) is 4.20.